The molecule has 33 heavy (non-hydrogen) atoms. The van der Waals surface area contributed by atoms with Crippen LogP contribution in [0.4, 0.5) is 20.8 Å². The molecular formula is C22H15BrClFN4O4. The van der Waals surface area contributed by atoms with Crippen LogP contribution in [0.5, 0.6) is 0 Å². The molecule has 5 rings (SSSR count). The first-order chi connectivity index (χ1) is 15.3. The number of benzene rings is 3. The maximum atomic E-state index is 15.1. The second kappa shape index (κ2) is 8.14. The molecule has 1 aliphatic rings. The maximum Gasteiger partial charge on any atom is 0.411 e. The van der Waals surface area contributed by atoms with Crippen LogP contribution in [0, 0.1) is 5.82 Å². The zero-order valence-corrected chi connectivity index (χ0v) is 18.9. The summed E-state index contributed by atoms with van der Waals surface area (Å²) in [5.41, 5.74) is -0.463. The first-order valence-corrected chi connectivity index (χ1v) is 10.2. The number of aromatic nitrogens is 2. The van der Waals surface area contributed by atoms with Gasteiger partial charge in [0.05, 0.1) is 21.2 Å². The molecule has 1 aliphatic heterocycles. The lowest BCUT2D eigenvalue weighted by Crippen LogP contribution is -2.45. The molecule has 3 aromatic carbocycles. The van der Waals surface area contributed by atoms with Crippen LogP contribution < -0.4 is 10.2 Å². The van der Waals surface area contributed by atoms with Gasteiger partial charge < -0.3 is 15.2 Å². The summed E-state index contributed by atoms with van der Waals surface area (Å²) in [5, 5.41) is 23.0. The molecule has 2 amide bonds. The number of hydrogen-bond acceptors (Lipinski definition) is 4. The molecule has 4 aromatic rings. The lowest BCUT2D eigenvalue weighted by molar-refractivity contribution is 0.0699. The summed E-state index contributed by atoms with van der Waals surface area (Å²) in [6.07, 6.45) is -1.28. The van der Waals surface area contributed by atoms with Crippen LogP contribution in [0.2, 0.25) is 0 Å². The summed E-state index contributed by atoms with van der Waals surface area (Å²) in [5.74, 6) is -1.24. The fourth-order valence-electron chi connectivity index (χ4n) is 3.98. The first-order valence-electron chi connectivity index (χ1n) is 9.41. The van der Waals surface area contributed by atoms with E-state index in [1.807, 2.05) is 0 Å². The summed E-state index contributed by atoms with van der Waals surface area (Å²) in [6, 6.07) is 15.7. The van der Waals surface area contributed by atoms with E-state index < -0.39 is 23.5 Å². The van der Waals surface area contributed by atoms with Gasteiger partial charge in [0.15, 0.2) is 11.5 Å². The van der Waals surface area contributed by atoms with Crippen LogP contribution >= 0.6 is 28.3 Å². The Bertz CT molecular complexity index is 1430. The molecule has 0 spiro atoms. The highest BCUT2D eigenvalue weighted by molar-refractivity contribution is 9.10. The van der Waals surface area contributed by atoms with Gasteiger partial charge in [-0.2, -0.15) is 0 Å². The molecule has 8 nitrogen and oxygen atoms in total. The molecule has 168 valence electrons. The summed E-state index contributed by atoms with van der Waals surface area (Å²) < 4.78 is 15.2. The van der Waals surface area contributed by atoms with Gasteiger partial charge >= 0.3 is 6.09 Å². The highest BCUT2D eigenvalue weighted by Crippen LogP contribution is 2.46. The molecule has 0 radical (unpaired) electrons. The van der Waals surface area contributed by atoms with Gasteiger partial charge in [0.1, 0.15) is 0 Å². The lowest BCUT2D eigenvalue weighted by Gasteiger charge is -2.35. The number of amides is 2. The number of aromatic amines is 1. The van der Waals surface area contributed by atoms with Crippen molar-refractivity contribution in [1.82, 2.24) is 9.97 Å². The number of halogens is 3. The highest BCUT2D eigenvalue weighted by atomic mass is 79.9. The van der Waals surface area contributed by atoms with E-state index in [0.29, 0.717) is 16.6 Å². The number of H-pyrrole nitrogens is 1. The molecule has 0 saturated carbocycles. The molecule has 1 unspecified atom stereocenters. The van der Waals surface area contributed by atoms with Crippen molar-refractivity contribution in [1.29, 1.82) is 0 Å². The number of hydrogen-bond donors (Lipinski definition) is 4. The number of carbonyl (C=O) groups is 2. The third kappa shape index (κ3) is 3.43. The normalized spacial score (nSPS) is 17.1. The van der Waals surface area contributed by atoms with E-state index in [9.17, 15) is 14.7 Å². The Morgan fingerprint density at radius 1 is 1.15 bits per heavy atom. The van der Waals surface area contributed by atoms with Gasteiger partial charge in [0, 0.05) is 16.7 Å². The quantitative estimate of drug-likeness (QED) is 0.301. The van der Waals surface area contributed by atoms with Crippen LogP contribution in [0.25, 0.3) is 11.0 Å². The Morgan fingerprint density at radius 3 is 2.67 bits per heavy atom. The molecule has 2 heterocycles. The number of fused-ring (bicyclic) bond motifs is 2. The summed E-state index contributed by atoms with van der Waals surface area (Å²) >= 11 is 3.13. The van der Waals surface area contributed by atoms with Crippen LogP contribution in [-0.4, -0.2) is 32.2 Å². The Labute approximate surface area is 200 Å². The Hall–Kier alpha value is -3.47. The molecule has 4 N–H and O–H groups in total. The van der Waals surface area contributed by atoms with Crippen molar-refractivity contribution in [3.63, 3.8) is 0 Å². The molecular weight excluding hydrogens is 519 g/mol. The summed E-state index contributed by atoms with van der Waals surface area (Å²) in [4.78, 5) is 32.2. The van der Waals surface area contributed by atoms with Crippen molar-refractivity contribution in [2.45, 2.75) is 5.72 Å². The zero-order valence-electron chi connectivity index (χ0n) is 16.5. The molecule has 1 aromatic heterocycles. The number of nitrogens with one attached hydrogen (secondary N) is 2. The van der Waals surface area contributed by atoms with Gasteiger partial charge in [-0.3, -0.25) is 15.0 Å². The van der Waals surface area contributed by atoms with Gasteiger partial charge in [-0.05, 0) is 46.3 Å². The van der Waals surface area contributed by atoms with Crippen molar-refractivity contribution >= 4 is 63.0 Å². The minimum atomic E-state index is -2.02. The van der Waals surface area contributed by atoms with Gasteiger partial charge in [-0.15, -0.1) is 12.4 Å². The standard InChI is InChI=1S/C22H14BrFN4O4.ClH/c23-14-6-3-7-17(18(14)24)28-19(29)12-4-1-2-5-13(12)22(28,32)11-8-9-15-16(10-11)26-20(25-15)27-21(30)31;/h1-10,32H,(H,30,31)(H2,25,26,27);1H. The van der Waals surface area contributed by atoms with Gasteiger partial charge in [-0.25, -0.2) is 14.2 Å². The fourth-order valence-corrected chi connectivity index (χ4v) is 4.33. The van der Waals surface area contributed by atoms with Crippen molar-refractivity contribution in [3.8, 4) is 0 Å². The monoisotopic (exact) mass is 532 g/mol. The van der Waals surface area contributed by atoms with Gasteiger partial charge in [0.2, 0.25) is 5.95 Å². The van der Waals surface area contributed by atoms with Crippen molar-refractivity contribution < 1.29 is 24.2 Å². The molecule has 0 aliphatic carbocycles. The topological polar surface area (TPSA) is 119 Å². The minimum Gasteiger partial charge on any atom is -0.465 e. The van der Waals surface area contributed by atoms with E-state index in [4.69, 9.17) is 5.11 Å². The second-order valence-electron chi connectivity index (χ2n) is 7.18. The van der Waals surface area contributed by atoms with Gasteiger partial charge in [0.25, 0.3) is 5.91 Å². The predicted molar refractivity (Wildman–Crippen MR) is 125 cm³/mol. The first kappa shape index (κ1) is 22.7. The third-order valence-corrected chi connectivity index (χ3v) is 5.96. The van der Waals surface area contributed by atoms with E-state index in [1.165, 1.54) is 18.2 Å². The number of anilines is 2. The van der Waals surface area contributed by atoms with E-state index >= 15 is 4.39 Å². The second-order valence-corrected chi connectivity index (χ2v) is 8.03. The fraction of sp³-hybridized carbons (Fsp3) is 0.0455. The number of imidazole rings is 1. The largest absolute Gasteiger partial charge is 0.465 e. The van der Waals surface area contributed by atoms with Crippen molar-refractivity contribution in [2.75, 3.05) is 10.2 Å². The average molecular weight is 534 g/mol. The van der Waals surface area contributed by atoms with E-state index in [1.54, 1.807) is 42.5 Å². The third-order valence-electron chi connectivity index (χ3n) is 5.34. The number of rotatable bonds is 3. The highest BCUT2D eigenvalue weighted by Gasteiger charge is 2.51. The van der Waals surface area contributed by atoms with Crippen molar-refractivity contribution in [3.05, 3.63) is 87.6 Å². The van der Waals surface area contributed by atoms with Crippen molar-refractivity contribution in [2.24, 2.45) is 0 Å². The minimum absolute atomic E-state index is 0. The van der Waals surface area contributed by atoms with E-state index in [2.05, 4.69) is 31.2 Å². The zero-order chi connectivity index (χ0) is 22.6. The Morgan fingerprint density at radius 2 is 1.91 bits per heavy atom. The Balaban J connectivity index is 0.00000259. The SMILES string of the molecule is Cl.O=C(O)Nc1nc2cc(C3(O)c4ccccc4C(=O)N3c3cccc(Br)c3F)ccc2[nH]1. The van der Waals surface area contributed by atoms with Crippen LogP contribution in [0.3, 0.4) is 0 Å². The number of carbonyl (C=O) groups excluding carboxylic acids is 1. The van der Waals surface area contributed by atoms with Crippen LogP contribution in [0.1, 0.15) is 21.5 Å². The van der Waals surface area contributed by atoms with Gasteiger partial charge in [-0.1, -0.05) is 30.3 Å². The average Bonchev–Trinajstić information content (AvgIpc) is 3.26. The number of carboxylic acid groups (broad SMARTS) is 1. The molecule has 1 atom stereocenters. The molecule has 0 saturated heterocycles. The molecule has 0 fully saturated rings. The van der Waals surface area contributed by atoms with Crippen LogP contribution in [-0.2, 0) is 5.72 Å². The summed E-state index contributed by atoms with van der Waals surface area (Å²) in [7, 11) is 0. The van der Waals surface area contributed by atoms with E-state index in [0.717, 1.165) is 4.90 Å². The van der Waals surface area contributed by atoms with Crippen LogP contribution in [0.15, 0.2) is 65.1 Å². The lowest BCUT2D eigenvalue weighted by atomic mass is 9.93. The number of nitrogens with zero attached hydrogens (tertiary/aromatic N) is 2. The Kier molecular flexibility index (Phi) is 5.61. The van der Waals surface area contributed by atoms with E-state index in [-0.39, 0.29) is 39.6 Å². The molecule has 11 heteroatoms. The predicted octanol–water partition coefficient (Wildman–Crippen LogP) is 4.83. The number of aliphatic hydroxyl groups is 1. The molecule has 0 bridgehead atoms. The maximum absolute atomic E-state index is 15.1. The summed E-state index contributed by atoms with van der Waals surface area (Å²) in [6.45, 7) is 0. The smallest absolute Gasteiger partial charge is 0.411 e.